The summed E-state index contributed by atoms with van der Waals surface area (Å²) in [5.41, 5.74) is 4.54. The SMILES string of the molecule is COc1cc(/C=C/C(=O)SCCNC(=O)CCNC(=O)[C@H](O)C(C)(C)COP(=O)([O-])OP(=O)([O-])OC[C@H]2O[C@@H](n3cnc4c(N)ncnc43)[C@H](O)[C@@H]2OP(=O)([O-])[O-])cc(OC)c1O. The van der Waals surface area contributed by atoms with Crippen molar-refractivity contribution in [2.75, 3.05) is 52.0 Å². The lowest BCUT2D eigenvalue weighted by Crippen LogP contribution is -2.46. The van der Waals surface area contributed by atoms with E-state index in [0.717, 1.165) is 29.0 Å². The lowest BCUT2D eigenvalue weighted by atomic mass is 9.87. The third-order valence-electron chi connectivity index (χ3n) is 8.64. The van der Waals surface area contributed by atoms with Crippen LogP contribution >= 0.6 is 35.2 Å². The highest BCUT2D eigenvalue weighted by atomic mass is 32.2. The minimum absolute atomic E-state index is 0.0315. The molecule has 7 N–H and O–H groups in total. The molecule has 2 unspecified atom stereocenters. The number of nitrogens with one attached hydrogen (secondary N) is 2. The van der Waals surface area contributed by atoms with Crippen molar-refractivity contribution in [1.29, 1.82) is 0 Å². The molecule has 1 aliphatic rings. The number of nitrogens with zero attached hydrogens (tertiary/aromatic N) is 4. The number of nitrogen functional groups attached to an aromatic ring is 1. The fourth-order valence-corrected chi connectivity index (χ4v) is 8.79. The van der Waals surface area contributed by atoms with Crippen LogP contribution in [-0.4, -0.2) is 122 Å². The van der Waals surface area contributed by atoms with E-state index in [4.69, 9.17) is 19.9 Å². The second-order valence-corrected chi connectivity index (χ2v) is 18.9. The Hall–Kier alpha value is -4.08. The highest BCUT2D eigenvalue weighted by Crippen LogP contribution is 2.56. The van der Waals surface area contributed by atoms with Crippen LogP contribution in [0.3, 0.4) is 0 Å². The standard InChI is InChI=1S/C32H46N7O20P3S/c1-32(2,27(44)30(45)35-8-7-21(40)34-9-10-63-22(41)6-5-17-11-18(53-3)24(42)19(12-17)54-4)14-56-62(51,52)59-61(49,50)55-13-20-26(58-60(46,47)48)25(43)31(57-20)39-16-38-23-28(33)36-15-37-29(23)39/h5-6,11-12,15-16,20,25-27,31,42-44H,7-10,13-14H2,1-4H3,(H,34,40)(H,35,45)(H,49,50)(H,51,52)(H2,33,36,37)(H2,46,47,48)/p-4/b6-5+/t20-,25-,26-,27+,31-/m1/s1. The van der Waals surface area contributed by atoms with Crippen molar-refractivity contribution in [3.05, 3.63) is 36.4 Å². The molecule has 63 heavy (non-hydrogen) atoms. The molecule has 0 bridgehead atoms. The summed E-state index contributed by atoms with van der Waals surface area (Å²) in [5, 5.41) is 35.9. The number of rotatable bonds is 23. The van der Waals surface area contributed by atoms with Crippen LogP contribution in [0, 0.1) is 5.41 Å². The van der Waals surface area contributed by atoms with Gasteiger partial charge < -0.3 is 83.6 Å². The second kappa shape index (κ2) is 21.7. The number of aromatic hydroxyl groups is 1. The third-order valence-corrected chi connectivity index (χ3v) is 12.5. The zero-order valence-corrected chi connectivity index (χ0v) is 37.0. The number of aromatic nitrogens is 4. The van der Waals surface area contributed by atoms with Crippen LogP contribution in [0.2, 0.25) is 0 Å². The van der Waals surface area contributed by atoms with E-state index in [2.05, 4.69) is 43.5 Å². The number of phenols is 1. The molecule has 7 atom stereocenters. The third kappa shape index (κ3) is 14.7. The first-order chi connectivity index (χ1) is 29.4. The van der Waals surface area contributed by atoms with Crippen LogP contribution in [0.4, 0.5) is 5.82 Å². The number of phosphoric ester groups is 3. The van der Waals surface area contributed by atoms with E-state index in [1.807, 2.05) is 0 Å². The Bertz CT molecular complexity index is 2270. The molecule has 2 amide bonds. The summed E-state index contributed by atoms with van der Waals surface area (Å²) < 4.78 is 70.8. The number of phenolic OH excluding ortho intramolecular Hbond substituents is 1. The summed E-state index contributed by atoms with van der Waals surface area (Å²) in [6.07, 6.45) is -4.99. The zero-order chi connectivity index (χ0) is 46.9. The number of benzene rings is 1. The van der Waals surface area contributed by atoms with Gasteiger partial charge in [-0.25, -0.2) is 19.3 Å². The first-order valence-corrected chi connectivity index (χ1v) is 23.4. The maximum Gasteiger partial charge on any atom is 0.274 e. The highest BCUT2D eigenvalue weighted by Gasteiger charge is 2.47. The van der Waals surface area contributed by atoms with Crippen LogP contribution in [0.25, 0.3) is 17.2 Å². The molecule has 1 fully saturated rings. The summed E-state index contributed by atoms with van der Waals surface area (Å²) in [6, 6.07) is 3.00. The number of amides is 2. The molecule has 1 aliphatic heterocycles. The molecule has 27 nitrogen and oxygen atoms in total. The van der Waals surface area contributed by atoms with E-state index >= 15 is 0 Å². The van der Waals surface area contributed by atoms with Crippen molar-refractivity contribution in [3.63, 3.8) is 0 Å². The Labute approximate surface area is 361 Å². The van der Waals surface area contributed by atoms with Crippen molar-refractivity contribution in [2.45, 2.75) is 50.9 Å². The number of aliphatic hydroxyl groups is 2. The van der Waals surface area contributed by atoms with E-state index < -0.39 is 84.6 Å². The smallest absolute Gasteiger partial charge is 0.274 e. The monoisotopic (exact) mass is 969 g/mol. The van der Waals surface area contributed by atoms with Crippen LogP contribution in [0.5, 0.6) is 17.2 Å². The molecular weight excluding hydrogens is 927 g/mol. The number of anilines is 1. The van der Waals surface area contributed by atoms with Crippen molar-refractivity contribution in [1.82, 2.24) is 30.2 Å². The molecule has 1 aromatic carbocycles. The normalized spacial score (nSPS) is 20.5. The van der Waals surface area contributed by atoms with Gasteiger partial charge in [0.15, 0.2) is 29.2 Å². The highest BCUT2D eigenvalue weighted by molar-refractivity contribution is 8.14. The summed E-state index contributed by atoms with van der Waals surface area (Å²) in [6.45, 7) is -0.146. The van der Waals surface area contributed by atoms with Gasteiger partial charge in [0, 0.05) is 30.7 Å². The first kappa shape index (κ1) is 51.6. The van der Waals surface area contributed by atoms with Gasteiger partial charge in [-0.2, -0.15) is 0 Å². The van der Waals surface area contributed by atoms with Gasteiger partial charge in [-0.1, -0.05) is 31.7 Å². The van der Waals surface area contributed by atoms with Gasteiger partial charge in [0.1, 0.15) is 36.3 Å². The molecule has 4 rings (SSSR count). The molecule has 0 radical (unpaired) electrons. The predicted molar refractivity (Wildman–Crippen MR) is 208 cm³/mol. The van der Waals surface area contributed by atoms with Crippen LogP contribution in [0.1, 0.15) is 32.1 Å². The topological polar surface area (TPSA) is 414 Å². The Morgan fingerprint density at radius 1 is 1.03 bits per heavy atom. The average Bonchev–Trinajstić information content (AvgIpc) is 3.77. The summed E-state index contributed by atoms with van der Waals surface area (Å²) in [5.74, 6) is -1.37. The number of carbonyl (C=O) groups excluding carboxylic acids is 3. The Balaban J connectivity index is 1.20. The number of ether oxygens (including phenoxy) is 3. The van der Waals surface area contributed by atoms with Gasteiger partial charge in [0.2, 0.25) is 22.7 Å². The number of hydrogen-bond donors (Lipinski definition) is 6. The van der Waals surface area contributed by atoms with Gasteiger partial charge in [-0.15, -0.1) is 0 Å². The molecule has 3 heterocycles. The van der Waals surface area contributed by atoms with E-state index in [-0.39, 0.29) is 64.6 Å². The lowest BCUT2D eigenvalue weighted by Gasteiger charge is -2.36. The van der Waals surface area contributed by atoms with Gasteiger partial charge >= 0.3 is 0 Å². The Kier molecular flexibility index (Phi) is 17.8. The molecule has 2 aromatic heterocycles. The number of hydrogen-bond acceptors (Lipinski definition) is 25. The fraction of sp³-hybridized carbons (Fsp3) is 0.500. The maximum atomic E-state index is 12.6. The van der Waals surface area contributed by atoms with Crippen LogP contribution in [-0.2, 0) is 50.7 Å². The largest absolute Gasteiger partial charge is 0.790 e. The van der Waals surface area contributed by atoms with Gasteiger partial charge in [-0.05, 0) is 23.8 Å². The van der Waals surface area contributed by atoms with Gasteiger partial charge in [-0.3, -0.25) is 28.1 Å². The minimum Gasteiger partial charge on any atom is -0.790 e. The number of carbonyl (C=O) groups is 3. The number of fused-ring (bicyclic) bond motifs is 1. The van der Waals surface area contributed by atoms with Crippen molar-refractivity contribution in [3.8, 4) is 17.2 Å². The van der Waals surface area contributed by atoms with Crippen molar-refractivity contribution < 1.29 is 95.1 Å². The Morgan fingerprint density at radius 3 is 2.32 bits per heavy atom. The van der Waals surface area contributed by atoms with Crippen LogP contribution in [0.15, 0.2) is 30.9 Å². The lowest BCUT2D eigenvalue weighted by molar-refractivity contribution is -0.347. The van der Waals surface area contributed by atoms with Crippen LogP contribution < -0.4 is 45.4 Å². The predicted octanol–water partition coefficient (Wildman–Crippen LogP) is -2.43. The molecule has 31 heteroatoms. The van der Waals surface area contributed by atoms with E-state index in [1.165, 1.54) is 52.4 Å². The maximum absolute atomic E-state index is 12.6. The minimum atomic E-state index is -5.94. The fourth-order valence-electron chi connectivity index (χ4n) is 5.48. The number of imidazole rings is 1. The van der Waals surface area contributed by atoms with Crippen molar-refractivity contribution in [2.24, 2.45) is 5.41 Å². The van der Waals surface area contributed by atoms with Crippen molar-refractivity contribution >= 4 is 75.2 Å². The molecule has 0 spiro atoms. The van der Waals surface area contributed by atoms with Gasteiger partial charge in [0.25, 0.3) is 15.6 Å². The molecule has 0 saturated carbocycles. The summed E-state index contributed by atoms with van der Waals surface area (Å²) in [7, 11) is -15.0. The zero-order valence-electron chi connectivity index (χ0n) is 33.5. The molecule has 350 valence electrons. The van der Waals surface area contributed by atoms with E-state index in [0.29, 0.717) is 5.56 Å². The molecule has 3 aromatic rings. The second-order valence-electron chi connectivity index (χ2n) is 13.8. The number of nitrogens with two attached hydrogens (primary N) is 1. The summed E-state index contributed by atoms with van der Waals surface area (Å²) >= 11 is 0.902. The Morgan fingerprint density at radius 2 is 1.68 bits per heavy atom. The molecule has 0 aliphatic carbocycles. The van der Waals surface area contributed by atoms with E-state index in [9.17, 15) is 63.0 Å². The number of methoxy groups -OCH3 is 2. The molecular formula is C32H42N7O20P3S-4. The molecule has 1 saturated heterocycles. The quantitative estimate of drug-likeness (QED) is 0.0327. The van der Waals surface area contributed by atoms with E-state index in [1.54, 1.807) is 0 Å². The first-order valence-electron chi connectivity index (χ1n) is 18.0. The number of thioether (sulfide) groups is 1. The number of phosphoric acid groups is 3. The van der Waals surface area contributed by atoms with Gasteiger partial charge in [0.05, 0.1) is 41.6 Å². The average molecular weight is 970 g/mol. The number of aliphatic hydroxyl groups excluding tert-OH is 2. The summed E-state index contributed by atoms with van der Waals surface area (Å²) in [4.78, 5) is 96.7.